The number of nitrogens with one attached hydrogen (secondary N) is 2. The largest absolute Gasteiger partial charge is 0.352 e. The topological polar surface area (TPSA) is 109 Å². The van der Waals surface area contributed by atoms with Gasteiger partial charge in [0.2, 0.25) is 0 Å². The van der Waals surface area contributed by atoms with Crippen molar-refractivity contribution in [3.8, 4) is 0 Å². The third-order valence-corrected chi connectivity index (χ3v) is 7.68. The second-order valence-corrected chi connectivity index (χ2v) is 10.7. The van der Waals surface area contributed by atoms with E-state index in [2.05, 4.69) is 10.0 Å². The first kappa shape index (κ1) is 23.4. The van der Waals surface area contributed by atoms with E-state index < -0.39 is 31.6 Å². The monoisotopic (exact) mass is 476 g/mol. The van der Waals surface area contributed by atoms with E-state index in [-0.39, 0.29) is 39.8 Å². The van der Waals surface area contributed by atoms with E-state index in [0.717, 1.165) is 12.1 Å². The molecule has 0 aliphatic carbocycles. The Morgan fingerprint density at radius 2 is 1.47 bits per heavy atom. The van der Waals surface area contributed by atoms with Crippen LogP contribution >= 0.6 is 0 Å². The number of sulfone groups is 1. The van der Waals surface area contributed by atoms with E-state index in [0.29, 0.717) is 0 Å². The zero-order valence-corrected chi connectivity index (χ0v) is 18.5. The van der Waals surface area contributed by atoms with Crippen molar-refractivity contribution in [2.75, 3.05) is 17.0 Å². The Morgan fingerprint density at radius 3 is 2.16 bits per heavy atom. The van der Waals surface area contributed by atoms with Crippen molar-refractivity contribution in [1.29, 1.82) is 0 Å². The van der Waals surface area contributed by atoms with E-state index in [1.165, 1.54) is 48.5 Å². The van der Waals surface area contributed by atoms with Crippen LogP contribution in [-0.2, 0) is 19.9 Å². The lowest BCUT2D eigenvalue weighted by molar-refractivity contribution is 0.0953. The van der Waals surface area contributed by atoms with Crippen molar-refractivity contribution in [3.63, 3.8) is 0 Å². The van der Waals surface area contributed by atoms with Crippen molar-refractivity contribution >= 4 is 31.5 Å². The first-order valence-electron chi connectivity index (χ1n) is 9.62. The fraction of sp³-hybridized carbons (Fsp3) is 0.136. The maximum atomic E-state index is 13.0. The minimum atomic E-state index is -3.99. The number of halogens is 1. The molecular weight excluding hydrogens is 455 g/mol. The molecule has 0 fully saturated rings. The molecule has 3 aromatic carbocycles. The highest BCUT2D eigenvalue weighted by atomic mass is 32.2. The van der Waals surface area contributed by atoms with E-state index in [4.69, 9.17) is 0 Å². The summed E-state index contributed by atoms with van der Waals surface area (Å²) >= 11 is 0. The lowest BCUT2D eigenvalue weighted by Gasteiger charge is -2.10. The van der Waals surface area contributed by atoms with Crippen LogP contribution in [-0.4, -0.2) is 35.0 Å². The third kappa shape index (κ3) is 6.14. The molecule has 168 valence electrons. The molecule has 0 aliphatic heterocycles. The normalized spacial score (nSPS) is 11.7. The van der Waals surface area contributed by atoms with Gasteiger partial charge >= 0.3 is 0 Å². The number of carbonyl (C=O) groups is 1. The van der Waals surface area contributed by atoms with Gasteiger partial charge in [-0.2, -0.15) is 0 Å². The van der Waals surface area contributed by atoms with E-state index >= 15 is 0 Å². The first-order valence-corrected chi connectivity index (χ1v) is 12.8. The minimum absolute atomic E-state index is 0.107. The zero-order chi connectivity index (χ0) is 23.2. The number of hydrogen-bond acceptors (Lipinski definition) is 5. The first-order chi connectivity index (χ1) is 15.2. The molecule has 0 spiro atoms. The Labute approximate surface area is 186 Å². The minimum Gasteiger partial charge on any atom is -0.352 e. The fourth-order valence-corrected chi connectivity index (χ4v) is 5.28. The Kier molecular flexibility index (Phi) is 7.26. The summed E-state index contributed by atoms with van der Waals surface area (Å²) < 4.78 is 65.0. The number of rotatable bonds is 9. The average Bonchev–Trinajstić information content (AvgIpc) is 2.79. The summed E-state index contributed by atoms with van der Waals surface area (Å²) in [5.74, 6) is -1.16. The average molecular weight is 477 g/mol. The molecule has 10 heteroatoms. The Morgan fingerprint density at radius 1 is 0.812 bits per heavy atom. The molecule has 1 amide bonds. The molecule has 0 aromatic heterocycles. The fourth-order valence-electron chi connectivity index (χ4n) is 2.85. The molecule has 0 radical (unpaired) electrons. The summed E-state index contributed by atoms with van der Waals surface area (Å²) in [7, 11) is -7.43. The molecule has 3 rings (SSSR count). The van der Waals surface area contributed by atoms with Gasteiger partial charge in [-0.25, -0.2) is 21.2 Å². The highest BCUT2D eigenvalue weighted by Crippen LogP contribution is 2.18. The second kappa shape index (κ2) is 9.92. The van der Waals surface area contributed by atoms with Crippen LogP contribution in [0.25, 0.3) is 0 Å². The molecule has 0 saturated heterocycles. The molecule has 0 saturated carbocycles. The van der Waals surface area contributed by atoms with Gasteiger partial charge in [0.1, 0.15) is 5.82 Å². The molecule has 0 unspecified atom stereocenters. The van der Waals surface area contributed by atoms with Crippen LogP contribution in [0.5, 0.6) is 0 Å². The molecule has 3 aromatic rings. The van der Waals surface area contributed by atoms with Crippen molar-refractivity contribution in [3.05, 3.63) is 90.2 Å². The Balaban J connectivity index is 1.59. The molecule has 7 nitrogen and oxygen atoms in total. The van der Waals surface area contributed by atoms with Gasteiger partial charge in [-0.15, -0.1) is 0 Å². The summed E-state index contributed by atoms with van der Waals surface area (Å²) in [4.78, 5) is 12.5. The molecule has 0 heterocycles. The standard InChI is InChI=1S/C22H21FN2O5S2/c23-18-10-12-19(13-11-18)25-32(29,30)21-9-4-6-17(16-21)22(26)24-14-5-15-31(27,28)20-7-2-1-3-8-20/h1-4,6-13,16,25H,5,14-15H2,(H,24,26). The Hall–Kier alpha value is -3.24. The number of anilines is 1. The SMILES string of the molecule is O=C(NCCCS(=O)(=O)c1ccccc1)c1cccc(S(=O)(=O)Nc2ccc(F)cc2)c1. The molecule has 32 heavy (non-hydrogen) atoms. The van der Waals surface area contributed by atoms with E-state index in [1.54, 1.807) is 18.2 Å². The number of sulfonamides is 1. The lowest BCUT2D eigenvalue weighted by Crippen LogP contribution is -2.26. The van der Waals surface area contributed by atoms with Crippen LogP contribution < -0.4 is 10.0 Å². The summed E-state index contributed by atoms with van der Waals surface area (Å²) in [6.07, 6.45) is 0.201. The van der Waals surface area contributed by atoms with Gasteiger partial charge in [-0.05, 0) is 61.0 Å². The molecule has 2 N–H and O–H groups in total. The highest BCUT2D eigenvalue weighted by Gasteiger charge is 2.17. The van der Waals surface area contributed by atoms with Gasteiger partial charge in [-0.3, -0.25) is 9.52 Å². The Bertz CT molecular complexity index is 1290. The van der Waals surface area contributed by atoms with Crippen molar-refractivity contribution in [1.82, 2.24) is 5.32 Å². The third-order valence-electron chi connectivity index (χ3n) is 4.48. The van der Waals surface area contributed by atoms with Crippen LogP contribution in [0, 0.1) is 5.82 Å². The van der Waals surface area contributed by atoms with Crippen LogP contribution in [0.3, 0.4) is 0 Å². The van der Waals surface area contributed by atoms with Gasteiger partial charge in [0.25, 0.3) is 15.9 Å². The quantitative estimate of drug-likeness (QED) is 0.461. The van der Waals surface area contributed by atoms with Crippen molar-refractivity contribution in [2.45, 2.75) is 16.2 Å². The zero-order valence-electron chi connectivity index (χ0n) is 16.9. The van der Waals surface area contributed by atoms with Crippen molar-refractivity contribution < 1.29 is 26.0 Å². The number of hydrogen-bond donors (Lipinski definition) is 2. The van der Waals surface area contributed by atoms with E-state index in [9.17, 15) is 26.0 Å². The predicted octanol–water partition coefficient (Wildman–Crippen LogP) is 3.22. The van der Waals surface area contributed by atoms with Crippen molar-refractivity contribution in [2.24, 2.45) is 0 Å². The van der Waals surface area contributed by atoms with Gasteiger partial charge in [0.15, 0.2) is 9.84 Å². The number of amides is 1. The van der Waals surface area contributed by atoms with Crippen LogP contribution in [0.2, 0.25) is 0 Å². The molecule has 0 bridgehead atoms. The second-order valence-electron chi connectivity index (χ2n) is 6.88. The molecule has 0 aliphatic rings. The smallest absolute Gasteiger partial charge is 0.261 e. The number of benzene rings is 3. The summed E-state index contributed by atoms with van der Waals surface area (Å²) in [5, 5.41) is 2.60. The summed E-state index contributed by atoms with van der Waals surface area (Å²) in [5.41, 5.74) is 0.291. The lowest BCUT2D eigenvalue weighted by atomic mass is 10.2. The summed E-state index contributed by atoms with van der Waals surface area (Å²) in [6, 6.07) is 18.3. The maximum Gasteiger partial charge on any atom is 0.261 e. The highest BCUT2D eigenvalue weighted by molar-refractivity contribution is 7.92. The van der Waals surface area contributed by atoms with Crippen LogP contribution in [0.15, 0.2) is 88.7 Å². The van der Waals surface area contributed by atoms with Gasteiger partial charge in [0, 0.05) is 17.8 Å². The van der Waals surface area contributed by atoms with Gasteiger partial charge < -0.3 is 5.32 Å². The van der Waals surface area contributed by atoms with Gasteiger partial charge in [-0.1, -0.05) is 24.3 Å². The molecular formula is C22H21FN2O5S2. The summed E-state index contributed by atoms with van der Waals surface area (Å²) in [6.45, 7) is 0.107. The van der Waals surface area contributed by atoms with Crippen LogP contribution in [0.4, 0.5) is 10.1 Å². The van der Waals surface area contributed by atoms with E-state index in [1.807, 2.05) is 0 Å². The molecule has 0 atom stereocenters. The van der Waals surface area contributed by atoms with Crippen LogP contribution in [0.1, 0.15) is 16.8 Å². The van der Waals surface area contributed by atoms with Gasteiger partial charge in [0.05, 0.1) is 15.5 Å². The maximum absolute atomic E-state index is 13.0. The number of carbonyl (C=O) groups excluding carboxylic acids is 1. The predicted molar refractivity (Wildman–Crippen MR) is 119 cm³/mol.